The number of hydrogen-bond donors (Lipinski definition) is 1. The maximum atomic E-state index is 5.90. The number of benzene rings is 1. The van der Waals surface area contributed by atoms with E-state index < -0.39 is 0 Å². The highest BCUT2D eigenvalue weighted by Crippen LogP contribution is 2.28. The molecule has 1 aromatic rings. The van der Waals surface area contributed by atoms with Crippen molar-refractivity contribution >= 4 is 11.4 Å². The van der Waals surface area contributed by atoms with Crippen LogP contribution < -0.4 is 15.4 Å². The maximum Gasteiger partial charge on any atom is 0.143 e. The summed E-state index contributed by atoms with van der Waals surface area (Å²) in [5.74, 6) is 0.774. The fraction of sp³-hybridized carbons (Fsp3) is 0.667. The Bertz CT molecular complexity index is 494. The molecule has 3 rings (SSSR count). The van der Waals surface area contributed by atoms with Crippen LogP contribution in [0.4, 0.5) is 11.4 Å². The molecule has 5 nitrogen and oxygen atoms in total. The Labute approximate surface area is 140 Å². The van der Waals surface area contributed by atoms with E-state index in [9.17, 15) is 0 Å². The molecule has 1 aromatic carbocycles. The third-order valence-corrected chi connectivity index (χ3v) is 5.10. The van der Waals surface area contributed by atoms with Gasteiger partial charge in [-0.25, -0.2) is 0 Å². The molecule has 0 aliphatic carbocycles. The predicted octanol–water partition coefficient (Wildman–Crippen LogP) is 1.89. The summed E-state index contributed by atoms with van der Waals surface area (Å²) in [6.45, 7) is 9.58. The first-order valence-electron chi connectivity index (χ1n) is 8.89. The average molecular weight is 318 g/mol. The molecule has 2 heterocycles. The molecule has 0 saturated carbocycles. The van der Waals surface area contributed by atoms with Gasteiger partial charge in [0.15, 0.2) is 0 Å². The van der Waals surface area contributed by atoms with E-state index >= 15 is 0 Å². The Hall–Kier alpha value is -1.46. The zero-order valence-corrected chi connectivity index (χ0v) is 14.3. The molecule has 128 valence electrons. The molecule has 0 unspecified atom stereocenters. The number of piperazine rings is 1. The van der Waals surface area contributed by atoms with Crippen LogP contribution in [0.2, 0.25) is 0 Å². The van der Waals surface area contributed by atoms with E-state index in [1.165, 1.54) is 51.1 Å². The summed E-state index contributed by atoms with van der Waals surface area (Å²) in [6.07, 6.45) is 4.09. The molecule has 23 heavy (non-hydrogen) atoms. The minimum atomic E-state index is 0.705. The number of anilines is 2. The van der Waals surface area contributed by atoms with E-state index in [-0.39, 0.29) is 0 Å². The van der Waals surface area contributed by atoms with Gasteiger partial charge in [-0.3, -0.25) is 4.90 Å². The molecule has 5 heteroatoms. The van der Waals surface area contributed by atoms with Gasteiger partial charge >= 0.3 is 0 Å². The summed E-state index contributed by atoms with van der Waals surface area (Å²) in [5, 5.41) is 0. The highest BCUT2D eigenvalue weighted by molar-refractivity contribution is 5.62. The van der Waals surface area contributed by atoms with Crippen molar-refractivity contribution < 1.29 is 4.74 Å². The maximum absolute atomic E-state index is 5.90. The lowest BCUT2D eigenvalue weighted by Gasteiger charge is -2.36. The molecular formula is C18H30N4O. The lowest BCUT2D eigenvalue weighted by molar-refractivity contribution is 0.234. The summed E-state index contributed by atoms with van der Waals surface area (Å²) in [6, 6.07) is 6.09. The first kappa shape index (κ1) is 16.4. The van der Waals surface area contributed by atoms with Crippen LogP contribution in [-0.4, -0.2) is 69.3 Å². The molecule has 0 amide bonds. The van der Waals surface area contributed by atoms with Gasteiger partial charge in [0.2, 0.25) is 0 Å². The van der Waals surface area contributed by atoms with Gasteiger partial charge in [0.25, 0.3) is 0 Å². The van der Waals surface area contributed by atoms with E-state index in [0.717, 1.165) is 31.9 Å². The van der Waals surface area contributed by atoms with Crippen LogP contribution in [0.1, 0.15) is 19.3 Å². The van der Waals surface area contributed by atoms with Crippen molar-refractivity contribution in [2.45, 2.75) is 19.3 Å². The fourth-order valence-corrected chi connectivity index (χ4v) is 3.65. The van der Waals surface area contributed by atoms with Crippen LogP contribution in [0.25, 0.3) is 0 Å². The van der Waals surface area contributed by atoms with E-state index in [1.807, 2.05) is 6.07 Å². The van der Waals surface area contributed by atoms with Crippen molar-refractivity contribution in [2.24, 2.45) is 0 Å². The van der Waals surface area contributed by atoms with Crippen molar-refractivity contribution in [3.63, 3.8) is 0 Å². The van der Waals surface area contributed by atoms with Gasteiger partial charge in [0.05, 0.1) is 12.8 Å². The molecule has 0 radical (unpaired) electrons. The molecule has 0 spiro atoms. The van der Waals surface area contributed by atoms with Gasteiger partial charge < -0.3 is 20.3 Å². The van der Waals surface area contributed by atoms with Gasteiger partial charge in [-0.2, -0.15) is 0 Å². The van der Waals surface area contributed by atoms with Crippen LogP contribution in [-0.2, 0) is 0 Å². The predicted molar refractivity (Wildman–Crippen MR) is 96.4 cm³/mol. The minimum Gasteiger partial charge on any atom is -0.495 e. The minimum absolute atomic E-state index is 0.705. The summed E-state index contributed by atoms with van der Waals surface area (Å²) < 4.78 is 5.33. The number of ether oxygens (including phenoxy) is 1. The molecule has 0 bridgehead atoms. The Morgan fingerprint density at radius 3 is 2.26 bits per heavy atom. The van der Waals surface area contributed by atoms with Crippen molar-refractivity contribution in [2.75, 3.05) is 70.1 Å². The molecule has 0 atom stereocenters. The zero-order valence-electron chi connectivity index (χ0n) is 14.3. The van der Waals surface area contributed by atoms with E-state index in [0.29, 0.717) is 5.69 Å². The van der Waals surface area contributed by atoms with Gasteiger partial charge in [-0.1, -0.05) is 0 Å². The first-order chi connectivity index (χ1) is 11.3. The van der Waals surface area contributed by atoms with Crippen LogP contribution in [0.3, 0.4) is 0 Å². The smallest absolute Gasteiger partial charge is 0.143 e. The second-order valence-electron chi connectivity index (χ2n) is 6.66. The Balaban J connectivity index is 1.42. The topological polar surface area (TPSA) is 45.0 Å². The standard InChI is InChI=1S/C18H30N4O/c1-23-18-15-16(5-6-17(18)19)22-13-11-21(12-14-22)10-4-9-20-7-2-3-8-20/h5-6,15H,2-4,7-14,19H2,1H3. The highest BCUT2D eigenvalue weighted by atomic mass is 16.5. The number of rotatable bonds is 6. The van der Waals surface area contributed by atoms with Crippen molar-refractivity contribution in [1.29, 1.82) is 0 Å². The van der Waals surface area contributed by atoms with Gasteiger partial charge in [-0.05, 0) is 57.6 Å². The second-order valence-corrected chi connectivity index (χ2v) is 6.66. The fourth-order valence-electron chi connectivity index (χ4n) is 3.65. The summed E-state index contributed by atoms with van der Waals surface area (Å²) in [5.41, 5.74) is 7.82. The molecular weight excluding hydrogens is 288 g/mol. The third-order valence-electron chi connectivity index (χ3n) is 5.10. The molecule has 2 N–H and O–H groups in total. The van der Waals surface area contributed by atoms with Gasteiger partial charge in [0, 0.05) is 37.9 Å². The number of nitrogen functional groups attached to an aromatic ring is 1. The first-order valence-corrected chi connectivity index (χ1v) is 8.89. The Kier molecular flexibility index (Phi) is 5.62. The molecule has 2 fully saturated rings. The molecule has 0 aromatic heterocycles. The SMILES string of the molecule is COc1cc(N2CCN(CCCN3CCCC3)CC2)ccc1N. The van der Waals surface area contributed by atoms with Gasteiger partial charge in [0.1, 0.15) is 5.75 Å². The van der Waals surface area contributed by atoms with Gasteiger partial charge in [-0.15, -0.1) is 0 Å². The molecule has 2 aliphatic rings. The van der Waals surface area contributed by atoms with E-state index in [4.69, 9.17) is 10.5 Å². The Morgan fingerprint density at radius 2 is 1.61 bits per heavy atom. The lowest BCUT2D eigenvalue weighted by Crippen LogP contribution is -2.47. The lowest BCUT2D eigenvalue weighted by atomic mass is 10.2. The number of likely N-dealkylation sites (tertiary alicyclic amines) is 1. The third kappa shape index (κ3) is 4.30. The number of nitrogens with zero attached hydrogens (tertiary/aromatic N) is 3. The van der Waals surface area contributed by atoms with Crippen molar-refractivity contribution in [3.8, 4) is 5.75 Å². The van der Waals surface area contributed by atoms with Crippen LogP contribution in [0.5, 0.6) is 5.75 Å². The Morgan fingerprint density at radius 1 is 0.957 bits per heavy atom. The van der Waals surface area contributed by atoms with E-state index in [2.05, 4.69) is 26.8 Å². The quantitative estimate of drug-likeness (QED) is 0.812. The molecule has 2 aliphatic heterocycles. The summed E-state index contributed by atoms with van der Waals surface area (Å²) >= 11 is 0. The zero-order chi connectivity index (χ0) is 16.1. The second kappa shape index (κ2) is 7.88. The van der Waals surface area contributed by atoms with Crippen molar-refractivity contribution in [3.05, 3.63) is 18.2 Å². The normalized spacial score (nSPS) is 20.1. The average Bonchev–Trinajstić information content (AvgIpc) is 3.09. The number of methoxy groups -OCH3 is 1. The molecule has 2 saturated heterocycles. The van der Waals surface area contributed by atoms with E-state index in [1.54, 1.807) is 7.11 Å². The largest absolute Gasteiger partial charge is 0.495 e. The monoisotopic (exact) mass is 318 g/mol. The van der Waals surface area contributed by atoms with Crippen LogP contribution in [0, 0.1) is 0 Å². The number of nitrogens with two attached hydrogens (primary N) is 1. The highest BCUT2D eigenvalue weighted by Gasteiger charge is 2.18. The van der Waals surface area contributed by atoms with Crippen LogP contribution in [0.15, 0.2) is 18.2 Å². The number of hydrogen-bond acceptors (Lipinski definition) is 5. The summed E-state index contributed by atoms with van der Waals surface area (Å²) in [4.78, 5) is 7.64. The van der Waals surface area contributed by atoms with Crippen LogP contribution >= 0.6 is 0 Å². The van der Waals surface area contributed by atoms with Crippen molar-refractivity contribution in [1.82, 2.24) is 9.80 Å². The summed E-state index contributed by atoms with van der Waals surface area (Å²) in [7, 11) is 1.67.